The monoisotopic (exact) mass is 666 g/mol. The normalized spacial score (nSPS) is 12.2. The summed E-state index contributed by atoms with van der Waals surface area (Å²) in [5, 5.41) is 20.7. The molecule has 1 aliphatic rings. The lowest BCUT2D eigenvalue weighted by Gasteiger charge is -2.16. The molecule has 0 radical (unpaired) electrons. The lowest BCUT2D eigenvalue weighted by atomic mass is 10.0. The molecule has 0 aliphatic carbocycles. The van der Waals surface area contributed by atoms with Gasteiger partial charge in [-0.2, -0.15) is 10.5 Å². The van der Waals surface area contributed by atoms with Crippen LogP contribution in [0.15, 0.2) is 158 Å². The lowest BCUT2D eigenvalue weighted by molar-refractivity contribution is 0.0926. The minimum Gasteiger partial charge on any atom is -0.308 e. The Morgan fingerprint density at radius 1 is 0.442 bits per heavy atom. The molecule has 7 aromatic carbocycles. The van der Waals surface area contributed by atoms with Crippen molar-refractivity contribution >= 4 is 39.3 Å². The zero-order chi connectivity index (χ0) is 35.3. The topological polar surface area (TPSA) is 89.9 Å². The first-order valence-electron chi connectivity index (χ1n) is 16.8. The van der Waals surface area contributed by atoms with Gasteiger partial charge in [-0.05, 0) is 94.0 Å². The second-order valence-corrected chi connectivity index (χ2v) is 12.7. The van der Waals surface area contributed by atoms with E-state index in [9.17, 15) is 20.1 Å². The number of nitriles is 2. The van der Waals surface area contributed by atoms with Gasteiger partial charge in [-0.3, -0.25) is 9.59 Å². The van der Waals surface area contributed by atoms with Crippen LogP contribution in [-0.4, -0.2) is 16.4 Å². The Bertz CT molecular complexity index is 2720. The maximum absolute atomic E-state index is 14.6. The first-order valence-corrected chi connectivity index (χ1v) is 16.8. The first-order chi connectivity index (χ1) is 25.5. The van der Waals surface area contributed by atoms with Gasteiger partial charge in [-0.1, -0.05) is 97.1 Å². The van der Waals surface area contributed by atoms with Crippen LogP contribution < -0.4 is 4.90 Å². The van der Waals surface area contributed by atoms with E-state index in [1.165, 1.54) is 4.90 Å². The van der Waals surface area contributed by atoms with Crippen molar-refractivity contribution in [2.24, 2.45) is 0 Å². The Labute approximate surface area is 299 Å². The molecule has 0 fully saturated rings. The van der Waals surface area contributed by atoms with E-state index in [-0.39, 0.29) is 11.8 Å². The number of hydrogen-bond donors (Lipinski definition) is 0. The molecule has 0 unspecified atom stereocenters. The third-order valence-electron chi connectivity index (χ3n) is 9.81. The van der Waals surface area contributed by atoms with Crippen LogP contribution in [0.25, 0.3) is 60.9 Å². The maximum Gasteiger partial charge on any atom is 0.268 e. The number of carbonyl (C=O) groups is 2. The summed E-state index contributed by atoms with van der Waals surface area (Å²) in [4.78, 5) is 30.0. The molecular weight excluding hydrogens is 641 g/mol. The van der Waals surface area contributed by atoms with Gasteiger partial charge in [-0.25, -0.2) is 4.90 Å². The van der Waals surface area contributed by atoms with E-state index >= 15 is 0 Å². The lowest BCUT2D eigenvalue weighted by Crippen LogP contribution is -2.29. The molecule has 242 valence electrons. The highest BCUT2D eigenvalue weighted by Crippen LogP contribution is 2.40. The van der Waals surface area contributed by atoms with Crippen LogP contribution in [0.2, 0.25) is 0 Å². The molecule has 52 heavy (non-hydrogen) atoms. The Morgan fingerprint density at radius 3 is 1.52 bits per heavy atom. The molecule has 8 aromatic rings. The molecule has 0 bridgehead atoms. The predicted octanol–water partition coefficient (Wildman–Crippen LogP) is 10.3. The first kappa shape index (κ1) is 30.5. The van der Waals surface area contributed by atoms with Gasteiger partial charge < -0.3 is 4.57 Å². The summed E-state index contributed by atoms with van der Waals surface area (Å²) in [5.41, 5.74) is 10.4. The van der Waals surface area contributed by atoms with Crippen molar-refractivity contribution in [2.75, 3.05) is 4.90 Å². The zero-order valence-electron chi connectivity index (χ0n) is 27.6. The molecule has 1 aromatic heterocycles. The number of fused-ring (bicyclic) bond motifs is 4. The number of imide groups is 1. The SMILES string of the molecule is N#Cc1ccc(-c2ccc3c4ccc(-c5ccc(C#N)cc5)cc4n(-c4cccc5c4C(=O)N(c4cccc(-c6ccccc6)c4)C5=O)c3c2)cc1. The van der Waals surface area contributed by atoms with Gasteiger partial charge in [0.15, 0.2) is 0 Å². The van der Waals surface area contributed by atoms with Crippen molar-refractivity contribution in [2.45, 2.75) is 0 Å². The van der Waals surface area contributed by atoms with Crippen LogP contribution >= 0.6 is 0 Å². The maximum atomic E-state index is 14.6. The van der Waals surface area contributed by atoms with E-state index in [1.807, 2.05) is 84.9 Å². The van der Waals surface area contributed by atoms with Crippen LogP contribution in [0.4, 0.5) is 5.69 Å². The van der Waals surface area contributed by atoms with Crippen LogP contribution in [-0.2, 0) is 0 Å². The van der Waals surface area contributed by atoms with Crippen LogP contribution in [0, 0.1) is 22.7 Å². The number of benzene rings is 7. The largest absolute Gasteiger partial charge is 0.308 e. The second kappa shape index (κ2) is 12.1. The molecule has 6 nitrogen and oxygen atoms in total. The van der Waals surface area contributed by atoms with E-state index in [4.69, 9.17) is 0 Å². The number of hydrogen-bond acceptors (Lipinski definition) is 4. The van der Waals surface area contributed by atoms with E-state index in [0.717, 1.165) is 55.2 Å². The molecule has 0 spiro atoms. The number of rotatable bonds is 5. The summed E-state index contributed by atoms with van der Waals surface area (Å²) in [7, 11) is 0. The summed E-state index contributed by atoms with van der Waals surface area (Å²) in [6, 6.07) is 54.6. The van der Waals surface area contributed by atoms with Crippen molar-refractivity contribution in [3.05, 3.63) is 180 Å². The van der Waals surface area contributed by atoms with E-state index in [0.29, 0.717) is 33.6 Å². The van der Waals surface area contributed by atoms with E-state index in [2.05, 4.69) is 53.1 Å². The Balaban J connectivity index is 1.26. The van der Waals surface area contributed by atoms with Gasteiger partial charge in [0.2, 0.25) is 0 Å². The molecule has 0 saturated carbocycles. The quantitative estimate of drug-likeness (QED) is 0.171. The average molecular weight is 667 g/mol. The van der Waals surface area contributed by atoms with Crippen LogP contribution in [0.3, 0.4) is 0 Å². The minimum absolute atomic E-state index is 0.337. The Morgan fingerprint density at radius 2 is 0.942 bits per heavy atom. The Hall–Kier alpha value is -7.54. The smallest absolute Gasteiger partial charge is 0.268 e. The molecule has 0 saturated heterocycles. The number of nitrogens with zero attached hydrogens (tertiary/aromatic N) is 4. The van der Waals surface area contributed by atoms with Gasteiger partial charge in [-0.15, -0.1) is 0 Å². The highest BCUT2D eigenvalue weighted by Gasteiger charge is 2.39. The molecule has 0 atom stereocenters. The number of carbonyl (C=O) groups excluding carboxylic acids is 2. The fraction of sp³-hybridized carbons (Fsp3) is 0. The molecule has 6 heteroatoms. The molecule has 2 amide bonds. The summed E-state index contributed by atoms with van der Waals surface area (Å²) in [5.74, 6) is -0.758. The molecule has 0 N–H and O–H groups in total. The third-order valence-corrected chi connectivity index (χ3v) is 9.81. The van der Waals surface area contributed by atoms with Crippen molar-refractivity contribution in [3.63, 3.8) is 0 Å². The summed E-state index contributed by atoms with van der Waals surface area (Å²) >= 11 is 0. The van der Waals surface area contributed by atoms with Gasteiger partial charge in [0.05, 0.1) is 56.8 Å². The fourth-order valence-electron chi connectivity index (χ4n) is 7.26. The van der Waals surface area contributed by atoms with Crippen molar-refractivity contribution in [1.29, 1.82) is 10.5 Å². The second-order valence-electron chi connectivity index (χ2n) is 12.7. The minimum atomic E-state index is -0.387. The van der Waals surface area contributed by atoms with Crippen molar-refractivity contribution in [3.8, 4) is 51.2 Å². The third kappa shape index (κ3) is 4.87. The van der Waals surface area contributed by atoms with Gasteiger partial charge in [0.1, 0.15) is 0 Å². The number of aromatic nitrogens is 1. The fourth-order valence-corrected chi connectivity index (χ4v) is 7.26. The van der Waals surface area contributed by atoms with Gasteiger partial charge in [0, 0.05) is 10.8 Å². The number of anilines is 1. The van der Waals surface area contributed by atoms with E-state index < -0.39 is 0 Å². The van der Waals surface area contributed by atoms with Gasteiger partial charge >= 0.3 is 0 Å². The summed E-state index contributed by atoms with van der Waals surface area (Å²) < 4.78 is 2.08. The van der Waals surface area contributed by atoms with Crippen molar-refractivity contribution in [1.82, 2.24) is 4.57 Å². The molecule has 2 heterocycles. The van der Waals surface area contributed by atoms with Crippen LogP contribution in [0.5, 0.6) is 0 Å². The van der Waals surface area contributed by atoms with Gasteiger partial charge in [0.25, 0.3) is 11.8 Å². The zero-order valence-corrected chi connectivity index (χ0v) is 27.6. The van der Waals surface area contributed by atoms with Crippen molar-refractivity contribution < 1.29 is 9.59 Å². The standard InChI is InChI=1S/C46H26N4O2/c47-27-29-12-16-32(17-13-29)35-20-22-38-39-23-21-36(33-18-14-30(28-48)15-19-33)26-43(39)50(42(38)25-35)41-11-5-10-40-44(41)46(52)49(45(40)51)37-9-4-8-34(24-37)31-6-2-1-3-7-31/h1-26H. The molecular formula is C46H26N4O2. The molecule has 1 aliphatic heterocycles. The predicted molar refractivity (Wildman–Crippen MR) is 204 cm³/mol. The highest BCUT2D eigenvalue weighted by atomic mass is 16.2. The Kier molecular flexibility index (Phi) is 7.10. The number of amides is 2. The summed E-state index contributed by atoms with van der Waals surface area (Å²) in [6.45, 7) is 0. The summed E-state index contributed by atoms with van der Waals surface area (Å²) in [6.07, 6.45) is 0. The molecule has 9 rings (SSSR count). The van der Waals surface area contributed by atoms with E-state index in [1.54, 1.807) is 36.4 Å². The highest BCUT2D eigenvalue weighted by molar-refractivity contribution is 6.36. The van der Waals surface area contributed by atoms with Crippen LogP contribution in [0.1, 0.15) is 31.8 Å². The average Bonchev–Trinajstić information content (AvgIpc) is 3.67.